The Labute approximate surface area is 134 Å². The van der Waals surface area contributed by atoms with Gasteiger partial charge in [0.25, 0.3) is 0 Å². The van der Waals surface area contributed by atoms with Gasteiger partial charge in [-0.25, -0.2) is 0 Å². The fourth-order valence-corrected chi connectivity index (χ4v) is 4.23. The third kappa shape index (κ3) is 5.55. The second-order valence-electron chi connectivity index (χ2n) is 5.09. The minimum absolute atomic E-state index is 0.0200. The number of carbonyl (C=O) groups is 1. The van der Waals surface area contributed by atoms with Gasteiger partial charge in [0.15, 0.2) is 0 Å². The van der Waals surface area contributed by atoms with Gasteiger partial charge in [0, 0.05) is 33.2 Å². The molecule has 0 saturated heterocycles. The van der Waals surface area contributed by atoms with Crippen LogP contribution in [0.3, 0.4) is 0 Å². The van der Waals surface area contributed by atoms with Crippen molar-refractivity contribution in [2.45, 2.75) is 43.8 Å². The van der Waals surface area contributed by atoms with Crippen LogP contribution in [0.1, 0.15) is 38.5 Å². The first-order chi connectivity index (χ1) is 9.63. The van der Waals surface area contributed by atoms with Crippen molar-refractivity contribution in [3.8, 4) is 0 Å². The summed E-state index contributed by atoms with van der Waals surface area (Å²) >= 11 is 13.7. The zero-order valence-electron chi connectivity index (χ0n) is 11.3. The predicted molar refractivity (Wildman–Crippen MR) is 89.0 cm³/mol. The maximum Gasteiger partial charge on any atom is 0.225 e. The molecule has 2 nitrogen and oxygen atoms in total. The lowest BCUT2D eigenvalue weighted by atomic mass is 10.0. The summed E-state index contributed by atoms with van der Waals surface area (Å²) < 4.78 is 0. The molecule has 0 radical (unpaired) electrons. The van der Waals surface area contributed by atoms with Crippen LogP contribution in [0.25, 0.3) is 0 Å². The normalized spacial score (nSPS) is 16.1. The highest BCUT2D eigenvalue weighted by Gasteiger charge is 2.14. The molecular weight excluding hydrogens is 313 g/mol. The van der Waals surface area contributed by atoms with Gasteiger partial charge in [0.2, 0.25) is 5.91 Å². The van der Waals surface area contributed by atoms with Crippen molar-refractivity contribution in [2.24, 2.45) is 0 Å². The molecule has 1 aromatic carbocycles. The first kappa shape index (κ1) is 16.0. The van der Waals surface area contributed by atoms with Gasteiger partial charge in [0.1, 0.15) is 0 Å². The van der Waals surface area contributed by atoms with Crippen LogP contribution < -0.4 is 5.32 Å². The van der Waals surface area contributed by atoms with Crippen LogP contribution in [0.5, 0.6) is 0 Å². The van der Waals surface area contributed by atoms with Gasteiger partial charge in [-0.2, -0.15) is 11.8 Å². The quantitative estimate of drug-likeness (QED) is 0.783. The number of halogens is 2. The van der Waals surface area contributed by atoms with E-state index in [1.165, 1.54) is 32.1 Å². The number of thioether (sulfide) groups is 1. The van der Waals surface area contributed by atoms with E-state index < -0.39 is 0 Å². The smallest absolute Gasteiger partial charge is 0.225 e. The summed E-state index contributed by atoms with van der Waals surface area (Å²) in [4.78, 5) is 11.9. The van der Waals surface area contributed by atoms with E-state index in [4.69, 9.17) is 23.2 Å². The monoisotopic (exact) mass is 331 g/mol. The van der Waals surface area contributed by atoms with E-state index in [0.29, 0.717) is 22.2 Å². The third-order valence-corrected chi connectivity index (χ3v) is 5.20. The van der Waals surface area contributed by atoms with Crippen molar-refractivity contribution in [3.05, 3.63) is 28.2 Å². The fourth-order valence-electron chi connectivity index (χ4n) is 2.40. The number of amides is 1. The van der Waals surface area contributed by atoms with Crippen LogP contribution in [-0.2, 0) is 4.79 Å². The van der Waals surface area contributed by atoms with Crippen molar-refractivity contribution >= 4 is 46.6 Å². The Morgan fingerprint density at radius 3 is 2.45 bits per heavy atom. The number of hydrogen-bond donors (Lipinski definition) is 1. The molecule has 1 aliphatic carbocycles. The predicted octanol–water partition coefficient (Wildman–Crippen LogP) is 5.39. The highest BCUT2D eigenvalue weighted by molar-refractivity contribution is 7.99. The van der Waals surface area contributed by atoms with Gasteiger partial charge >= 0.3 is 0 Å². The van der Waals surface area contributed by atoms with E-state index in [-0.39, 0.29) is 5.91 Å². The second kappa shape index (κ2) is 8.16. The molecule has 0 aromatic heterocycles. The molecule has 0 aliphatic heterocycles. The number of benzene rings is 1. The zero-order valence-corrected chi connectivity index (χ0v) is 13.7. The molecule has 0 unspecified atom stereocenters. The molecule has 1 aromatic rings. The van der Waals surface area contributed by atoms with Crippen molar-refractivity contribution in [1.82, 2.24) is 0 Å². The first-order valence-corrected chi connectivity index (χ1v) is 8.81. The van der Waals surface area contributed by atoms with Crippen LogP contribution >= 0.6 is 35.0 Å². The van der Waals surface area contributed by atoms with E-state index in [2.05, 4.69) is 5.32 Å². The molecule has 1 fully saturated rings. The minimum Gasteiger partial charge on any atom is -0.326 e. The molecule has 0 spiro atoms. The lowest BCUT2D eigenvalue weighted by molar-refractivity contribution is -0.115. The molecule has 1 saturated carbocycles. The van der Waals surface area contributed by atoms with Crippen molar-refractivity contribution in [1.29, 1.82) is 0 Å². The van der Waals surface area contributed by atoms with Crippen molar-refractivity contribution in [2.75, 3.05) is 11.1 Å². The SMILES string of the molecule is O=C(CCSC1CCCCC1)Nc1cc(Cl)cc(Cl)c1. The third-order valence-electron chi connectivity index (χ3n) is 3.38. The fraction of sp³-hybridized carbons (Fsp3) is 0.533. The van der Waals surface area contributed by atoms with Crippen LogP contribution in [0.15, 0.2) is 18.2 Å². The van der Waals surface area contributed by atoms with Crippen LogP contribution in [0.2, 0.25) is 10.0 Å². The number of hydrogen-bond acceptors (Lipinski definition) is 2. The van der Waals surface area contributed by atoms with Gasteiger partial charge < -0.3 is 5.32 Å². The summed E-state index contributed by atoms with van der Waals surface area (Å²) in [5.74, 6) is 0.900. The van der Waals surface area contributed by atoms with E-state index >= 15 is 0 Å². The lowest BCUT2D eigenvalue weighted by Crippen LogP contribution is -2.14. The van der Waals surface area contributed by atoms with E-state index in [9.17, 15) is 4.79 Å². The molecule has 1 aliphatic rings. The van der Waals surface area contributed by atoms with E-state index in [1.54, 1.807) is 18.2 Å². The van der Waals surface area contributed by atoms with Gasteiger partial charge in [-0.05, 0) is 31.0 Å². The molecule has 0 atom stereocenters. The van der Waals surface area contributed by atoms with Gasteiger partial charge in [0.05, 0.1) is 0 Å². The summed E-state index contributed by atoms with van der Waals surface area (Å²) in [6, 6.07) is 5.07. The zero-order chi connectivity index (χ0) is 14.4. The Kier molecular flexibility index (Phi) is 6.53. The number of rotatable bonds is 5. The van der Waals surface area contributed by atoms with E-state index in [1.807, 2.05) is 11.8 Å². The summed E-state index contributed by atoms with van der Waals surface area (Å²) in [7, 11) is 0. The highest BCUT2D eigenvalue weighted by Crippen LogP contribution is 2.28. The molecule has 0 bridgehead atoms. The van der Waals surface area contributed by atoms with E-state index in [0.717, 1.165) is 11.0 Å². The number of anilines is 1. The minimum atomic E-state index is 0.0200. The molecule has 110 valence electrons. The summed E-state index contributed by atoms with van der Waals surface area (Å²) in [5, 5.41) is 4.65. The Hall–Kier alpha value is -0.380. The maximum atomic E-state index is 11.9. The molecule has 5 heteroatoms. The second-order valence-corrected chi connectivity index (χ2v) is 7.37. The molecular formula is C15H19Cl2NOS. The van der Waals surface area contributed by atoms with Gasteiger partial charge in [-0.3, -0.25) is 4.79 Å². The van der Waals surface area contributed by atoms with Crippen molar-refractivity contribution in [3.63, 3.8) is 0 Å². The number of carbonyl (C=O) groups excluding carboxylic acids is 1. The Bertz CT molecular complexity index is 441. The summed E-state index contributed by atoms with van der Waals surface area (Å²) in [6.07, 6.45) is 7.18. The Balaban J connectivity index is 1.72. The largest absolute Gasteiger partial charge is 0.326 e. The van der Waals surface area contributed by atoms with Crippen LogP contribution in [0, 0.1) is 0 Å². The lowest BCUT2D eigenvalue weighted by Gasteiger charge is -2.20. The maximum absolute atomic E-state index is 11.9. The van der Waals surface area contributed by atoms with Gasteiger partial charge in [-0.1, -0.05) is 42.5 Å². The Morgan fingerprint density at radius 2 is 1.80 bits per heavy atom. The summed E-state index contributed by atoms with van der Waals surface area (Å²) in [6.45, 7) is 0. The van der Waals surface area contributed by atoms with Crippen LogP contribution in [0.4, 0.5) is 5.69 Å². The molecule has 20 heavy (non-hydrogen) atoms. The molecule has 2 rings (SSSR count). The molecule has 1 amide bonds. The average Bonchev–Trinajstić information content (AvgIpc) is 2.38. The number of nitrogens with one attached hydrogen (secondary N) is 1. The van der Waals surface area contributed by atoms with Crippen LogP contribution in [-0.4, -0.2) is 16.9 Å². The summed E-state index contributed by atoms with van der Waals surface area (Å²) in [5.41, 5.74) is 0.662. The van der Waals surface area contributed by atoms with Crippen molar-refractivity contribution < 1.29 is 4.79 Å². The highest BCUT2D eigenvalue weighted by atomic mass is 35.5. The van der Waals surface area contributed by atoms with Gasteiger partial charge in [-0.15, -0.1) is 0 Å². The topological polar surface area (TPSA) is 29.1 Å². The first-order valence-electron chi connectivity index (χ1n) is 7.01. The standard InChI is InChI=1S/C15H19Cl2NOS/c16-11-8-12(17)10-13(9-11)18-15(19)6-7-20-14-4-2-1-3-5-14/h8-10,14H,1-7H2,(H,18,19). The Morgan fingerprint density at radius 1 is 1.15 bits per heavy atom. The molecule has 0 heterocycles. The average molecular weight is 332 g/mol. The molecule has 1 N–H and O–H groups in total.